The van der Waals surface area contributed by atoms with Crippen LogP contribution in [0.15, 0.2) is 24.5 Å². The third-order valence-corrected chi connectivity index (χ3v) is 1.68. The molecule has 0 saturated heterocycles. The number of H-pyrrole nitrogens is 1. The zero-order chi connectivity index (χ0) is 12.0. The topological polar surface area (TPSA) is 84.1 Å². The Kier molecular flexibility index (Phi) is 4.26. The molecule has 0 bridgehead atoms. The van der Waals surface area contributed by atoms with Crippen molar-refractivity contribution in [2.75, 3.05) is 13.2 Å². The van der Waals surface area contributed by atoms with E-state index in [1.165, 1.54) is 6.20 Å². The van der Waals surface area contributed by atoms with Gasteiger partial charge < -0.3 is 15.0 Å². The molecule has 1 heterocycles. The molecule has 0 aromatic carbocycles. The molecule has 0 fully saturated rings. The number of carbonyl (C=O) groups is 2. The van der Waals surface area contributed by atoms with Crippen LogP contribution in [0.25, 0.3) is 0 Å². The number of aromatic nitrogens is 2. The maximum Gasteiger partial charge on any atom is 0.333 e. The van der Waals surface area contributed by atoms with Crippen molar-refractivity contribution in [3.8, 4) is 0 Å². The molecule has 1 aromatic heterocycles. The average molecular weight is 223 g/mol. The second-order valence-corrected chi connectivity index (χ2v) is 3.11. The lowest BCUT2D eigenvalue weighted by Crippen LogP contribution is -2.28. The molecule has 6 heteroatoms. The van der Waals surface area contributed by atoms with Gasteiger partial charge >= 0.3 is 5.97 Å². The van der Waals surface area contributed by atoms with E-state index < -0.39 is 5.97 Å². The Balaban J connectivity index is 2.19. The second-order valence-electron chi connectivity index (χ2n) is 3.11. The third-order valence-electron chi connectivity index (χ3n) is 1.68. The van der Waals surface area contributed by atoms with Crippen LogP contribution in [-0.4, -0.2) is 35.0 Å². The maximum absolute atomic E-state index is 11.3. The summed E-state index contributed by atoms with van der Waals surface area (Å²) >= 11 is 0. The first-order valence-electron chi connectivity index (χ1n) is 4.71. The minimum absolute atomic E-state index is 0.109. The summed E-state index contributed by atoms with van der Waals surface area (Å²) in [6.45, 7) is 5.34. The van der Waals surface area contributed by atoms with Crippen molar-refractivity contribution in [2.45, 2.75) is 6.92 Å². The van der Waals surface area contributed by atoms with Crippen molar-refractivity contribution >= 4 is 11.9 Å². The highest BCUT2D eigenvalue weighted by atomic mass is 16.5. The Morgan fingerprint density at radius 3 is 2.94 bits per heavy atom. The summed E-state index contributed by atoms with van der Waals surface area (Å²) in [6.07, 6.45) is 3.03. The first-order valence-corrected chi connectivity index (χ1v) is 4.71. The summed E-state index contributed by atoms with van der Waals surface area (Å²) < 4.78 is 4.79. The van der Waals surface area contributed by atoms with E-state index in [1.54, 1.807) is 13.1 Å². The van der Waals surface area contributed by atoms with Gasteiger partial charge in [-0.2, -0.15) is 0 Å². The number of ether oxygens (including phenoxy) is 1. The summed E-state index contributed by atoms with van der Waals surface area (Å²) in [5.74, 6) is -0.574. The van der Waals surface area contributed by atoms with Crippen LogP contribution in [0.5, 0.6) is 0 Å². The quantitative estimate of drug-likeness (QED) is 0.426. The molecule has 0 spiro atoms. The number of esters is 1. The predicted molar refractivity (Wildman–Crippen MR) is 56.7 cm³/mol. The number of hydrogen-bond acceptors (Lipinski definition) is 4. The normalized spacial score (nSPS) is 9.56. The Labute approximate surface area is 92.7 Å². The van der Waals surface area contributed by atoms with Gasteiger partial charge in [0, 0.05) is 18.0 Å². The molecular weight excluding hydrogens is 210 g/mol. The smallest absolute Gasteiger partial charge is 0.333 e. The van der Waals surface area contributed by atoms with Crippen LogP contribution in [0.3, 0.4) is 0 Å². The predicted octanol–water partition coefficient (Wildman–Crippen LogP) is 0.259. The van der Waals surface area contributed by atoms with Crippen LogP contribution >= 0.6 is 0 Å². The summed E-state index contributed by atoms with van der Waals surface area (Å²) in [5.41, 5.74) is 0.331. The van der Waals surface area contributed by atoms with E-state index in [0.717, 1.165) is 0 Å². The molecule has 0 atom stereocenters. The van der Waals surface area contributed by atoms with Crippen molar-refractivity contribution < 1.29 is 14.3 Å². The van der Waals surface area contributed by atoms with Gasteiger partial charge in [-0.15, -0.1) is 0 Å². The van der Waals surface area contributed by atoms with E-state index >= 15 is 0 Å². The highest BCUT2D eigenvalue weighted by molar-refractivity contribution is 5.90. The minimum atomic E-state index is -0.466. The fraction of sp³-hybridized carbons (Fsp3) is 0.300. The van der Waals surface area contributed by atoms with Crippen LogP contribution in [-0.2, 0) is 9.53 Å². The van der Waals surface area contributed by atoms with Crippen molar-refractivity contribution in [1.82, 2.24) is 15.3 Å². The van der Waals surface area contributed by atoms with E-state index in [0.29, 0.717) is 5.57 Å². The Hall–Kier alpha value is -2.11. The molecule has 0 aliphatic carbocycles. The number of carbonyl (C=O) groups excluding carboxylic acids is 2. The molecule has 0 aliphatic heterocycles. The van der Waals surface area contributed by atoms with Crippen LogP contribution in [0.1, 0.15) is 17.5 Å². The van der Waals surface area contributed by atoms with Gasteiger partial charge in [0.1, 0.15) is 6.61 Å². The van der Waals surface area contributed by atoms with Gasteiger partial charge in [0.25, 0.3) is 5.91 Å². The van der Waals surface area contributed by atoms with Gasteiger partial charge in [-0.3, -0.25) is 4.79 Å². The number of nitrogens with one attached hydrogen (secondary N) is 2. The van der Waals surface area contributed by atoms with Gasteiger partial charge in [0.2, 0.25) is 0 Å². The molecule has 1 aromatic rings. The highest BCUT2D eigenvalue weighted by Crippen LogP contribution is 1.91. The van der Waals surface area contributed by atoms with Gasteiger partial charge in [-0.25, -0.2) is 9.78 Å². The lowest BCUT2D eigenvalue weighted by molar-refractivity contribution is -0.138. The van der Waals surface area contributed by atoms with Crippen molar-refractivity contribution in [3.05, 3.63) is 30.4 Å². The largest absolute Gasteiger partial charge is 0.460 e. The highest BCUT2D eigenvalue weighted by Gasteiger charge is 2.07. The number of amides is 1. The van der Waals surface area contributed by atoms with Crippen LogP contribution < -0.4 is 5.32 Å². The summed E-state index contributed by atoms with van der Waals surface area (Å²) in [5, 5.41) is 2.54. The molecule has 0 unspecified atom stereocenters. The molecule has 0 radical (unpaired) electrons. The van der Waals surface area contributed by atoms with Crippen LogP contribution in [0, 0.1) is 0 Å². The number of rotatable bonds is 5. The summed E-state index contributed by atoms with van der Waals surface area (Å²) in [4.78, 5) is 28.7. The van der Waals surface area contributed by atoms with Gasteiger partial charge in [-0.05, 0) is 6.92 Å². The number of aromatic amines is 1. The first kappa shape index (κ1) is 12.0. The third kappa shape index (κ3) is 3.56. The number of nitrogens with zero attached hydrogens (tertiary/aromatic N) is 1. The molecule has 16 heavy (non-hydrogen) atoms. The SMILES string of the molecule is C=C(C)C(=O)OCCNC(=O)c1ncc[nH]1. The molecule has 1 amide bonds. The van der Waals surface area contributed by atoms with Crippen molar-refractivity contribution in [3.63, 3.8) is 0 Å². The van der Waals surface area contributed by atoms with Crippen molar-refractivity contribution in [1.29, 1.82) is 0 Å². The fourth-order valence-electron chi connectivity index (χ4n) is 0.905. The summed E-state index contributed by atoms with van der Waals surface area (Å²) in [6, 6.07) is 0. The van der Waals surface area contributed by atoms with E-state index in [9.17, 15) is 9.59 Å². The lowest BCUT2D eigenvalue weighted by Gasteiger charge is -2.04. The zero-order valence-electron chi connectivity index (χ0n) is 8.95. The molecule has 6 nitrogen and oxygen atoms in total. The lowest BCUT2D eigenvalue weighted by atomic mass is 10.4. The molecule has 86 valence electrons. The van der Waals surface area contributed by atoms with Crippen LogP contribution in [0.2, 0.25) is 0 Å². The molecule has 2 N–H and O–H groups in total. The Morgan fingerprint density at radius 1 is 1.62 bits per heavy atom. The van der Waals surface area contributed by atoms with Gasteiger partial charge in [0.05, 0.1) is 6.54 Å². The Morgan fingerprint density at radius 2 is 2.38 bits per heavy atom. The summed E-state index contributed by atoms with van der Waals surface area (Å²) in [7, 11) is 0. The molecule has 1 rings (SSSR count). The minimum Gasteiger partial charge on any atom is -0.460 e. The maximum atomic E-state index is 11.3. The average Bonchev–Trinajstić information content (AvgIpc) is 2.76. The van der Waals surface area contributed by atoms with E-state index in [-0.39, 0.29) is 24.9 Å². The van der Waals surface area contributed by atoms with E-state index in [2.05, 4.69) is 21.9 Å². The molecular formula is C10H13N3O3. The standard InChI is InChI=1S/C10H13N3O3/c1-7(2)10(15)16-6-5-13-9(14)8-11-3-4-12-8/h3-4H,1,5-6H2,2H3,(H,11,12)(H,13,14). The van der Waals surface area contributed by atoms with E-state index in [4.69, 9.17) is 4.74 Å². The van der Waals surface area contributed by atoms with E-state index in [1.807, 2.05) is 0 Å². The van der Waals surface area contributed by atoms with Crippen LogP contribution in [0.4, 0.5) is 0 Å². The van der Waals surface area contributed by atoms with Gasteiger partial charge in [-0.1, -0.05) is 6.58 Å². The molecule has 0 aliphatic rings. The fourth-order valence-corrected chi connectivity index (χ4v) is 0.905. The van der Waals surface area contributed by atoms with Gasteiger partial charge in [0.15, 0.2) is 5.82 Å². The molecule has 0 saturated carbocycles. The Bertz CT molecular complexity index is 384. The first-order chi connectivity index (χ1) is 7.61. The number of imidazole rings is 1. The monoisotopic (exact) mass is 223 g/mol. The number of hydrogen-bond donors (Lipinski definition) is 2. The van der Waals surface area contributed by atoms with Crippen molar-refractivity contribution in [2.24, 2.45) is 0 Å². The zero-order valence-corrected chi connectivity index (χ0v) is 8.95. The second kappa shape index (κ2) is 5.69.